The summed E-state index contributed by atoms with van der Waals surface area (Å²) in [6, 6.07) is 3.79. The van der Waals surface area contributed by atoms with Crippen molar-refractivity contribution >= 4 is 39.8 Å². The van der Waals surface area contributed by atoms with Crippen molar-refractivity contribution in [3.05, 3.63) is 44.3 Å². The lowest BCUT2D eigenvalue weighted by Gasteiger charge is -2.18. The number of halogens is 1. The summed E-state index contributed by atoms with van der Waals surface area (Å²) in [7, 11) is 0. The molecule has 0 saturated heterocycles. The number of nitrogens with one attached hydrogen (secondary N) is 1. The van der Waals surface area contributed by atoms with E-state index in [1.165, 1.54) is 16.2 Å². The van der Waals surface area contributed by atoms with Gasteiger partial charge in [0.05, 0.1) is 12.2 Å². The topological polar surface area (TPSA) is 81.4 Å². The summed E-state index contributed by atoms with van der Waals surface area (Å²) < 4.78 is 5.75. The Balaban J connectivity index is 1.55. The molecule has 29 heavy (non-hydrogen) atoms. The average molecular weight is 435 g/mol. The Morgan fingerprint density at radius 1 is 1.31 bits per heavy atom. The molecule has 3 N–H and O–H groups in total. The molecule has 7 heteroatoms. The van der Waals surface area contributed by atoms with E-state index in [4.69, 9.17) is 22.1 Å². The number of fused-ring (bicyclic) bond motifs is 1. The summed E-state index contributed by atoms with van der Waals surface area (Å²) >= 11 is 7.66. The summed E-state index contributed by atoms with van der Waals surface area (Å²) in [6.07, 6.45) is 3.69. The standard InChI is InChI=1S/C22H27ClN2O3S/c1-12-6-7-16-17(9-12)29-22(19(16)21(24)27)25-18(26)5-4-8-28-15-10-13(2)20(23)14(3)11-15/h10-12H,4-9H2,1-3H3,(H2,24,27)(H,25,26). The Hall–Kier alpha value is -2.05. The molecule has 5 nitrogen and oxygen atoms in total. The van der Waals surface area contributed by atoms with Gasteiger partial charge in [-0.25, -0.2) is 0 Å². The van der Waals surface area contributed by atoms with Gasteiger partial charge in [0.2, 0.25) is 5.91 Å². The molecule has 0 spiro atoms. The van der Waals surface area contributed by atoms with Crippen molar-refractivity contribution in [2.45, 2.75) is 52.9 Å². The van der Waals surface area contributed by atoms with Gasteiger partial charge in [0.25, 0.3) is 5.91 Å². The van der Waals surface area contributed by atoms with Crippen LogP contribution >= 0.6 is 22.9 Å². The van der Waals surface area contributed by atoms with E-state index in [0.29, 0.717) is 35.9 Å². The first kappa shape index (κ1) is 21.7. The van der Waals surface area contributed by atoms with E-state index in [1.54, 1.807) is 0 Å². The van der Waals surface area contributed by atoms with Crippen LogP contribution in [0.15, 0.2) is 12.1 Å². The fourth-order valence-electron chi connectivity index (χ4n) is 3.70. The van der Waals surface area contributed by atoms with Gasteiger partial charge in [-0.05, 0) is 74.3 Å². The molecule has 0 fully saturated rings. The molecule has 0 aliphatic heterocycles. The second kappa shape index (κ2) is 9.18. The van der Waals surface area contributed by atoms with Gasteiger partial charge >= 0.3 is 0 Å². The van der Waals surface area contributed by atoms with Crippen LogP contribution in [0.4, 0.5) is 5.00 Å². The van der Waals surface area contributed by atoms with Crippen molar-refractivity contribution in [1.82, 2.24) is 0 Å². The Bertz CT molecular complexity index is 915. The number of aryl methyl sites for hydroxylation is 2. The third-order valence-corrected chi connectivity index (χ3v) is 7.00. The summed E-state index contributed by atoms with van der Waals surface area (Å²) in [4.78, 5) is 25.5. The van der Waals surface area contributed by atoms with Crippen molar-refractivity contribution in [2.24, 2.45) is 11.7 Å². The van der Waals surface area contributed by atoms with E-state index in [2.05, 4.69) is 12.2 Å². The quantitative estimate of drug-likeness (QED) is 0.599. The van der Waals surface area contributed by atoms with E-state index in [1.807, 2.05) is 26.0 Å². The fraction of sp³-hybridized carbons (Fsp3) is 0.455. The van der Waals surface area contributed by atoms with Crippen molar-refractivity contribution in [3.63, 3.8) is 0 Å². The van der Waals surface area contributed by atoms with Gasteiger partial charge in [0.1, 0.15) is 10.8 Å². The minimum atomic E-state index is -0.468. The van der Waals surface area contributed by atoms with Crippen LogP contribution in [0.25, 0.3) is 0 Å². The lowest BCUT2D eigenvalue weighted by Crippen LogP contribution is -2.19. The molecular formula is C22H27ClN2O3S. The highest BCUT2D eigenvalue weighted by molar-refractivity contribution is 7.17. The van der Waals surface area contributed by atoms with Gasteiger partial charge in [0, 0.05) is 16.3 Å². The molecule has 0 saturated carbocycles. The highest BCUT2D eigenvalue weighted by atomic mass is 35.5. The Morgan fingerprint density at radius 3 is 2.66 bits per heavy atom. The third-order valence-electron chi connectivity index (χ3n) is 5.24. The molecule has 156 valence electrons. The molecule has 3 rings (SSSR count). The summed E-state index contributed by atoms with van der Waals surface area (Å²) in [5, 5.41) is 4.23. The van der Waals surface area contributed by atoms with Crippen LogP contribution in [0.2, 0.25) is 5.02 Å². The number of amides is 2. The van der Waals surface area contributed by atoms with E-state index in [0.717, 1.165) is 46.7 Å². The molecule has 1 heterocycles. The fourth-order valence-corrected chi connectivity index (χ4v) is 5.24. The SMILES string of the molecule is Cc1cc(OCCCC(=O)Nc2sc3c(c2C(N)=O)CCC(C)C3)cc(C)c1Cl. The number of rotatable bonds is 7. The van der Waals surface area contributed by atoms with Gasteiger partial charge in [-0.2, -0.15) is 0 Å². The number of primary amides is 1. The van der Waals surface area contributed by atoms with Gasteiger partial charge in [0.15, 0.2) is 0 Å². The second-order valence-electron chi connectivity index (χ2n) is 7.79. The summed E-state index contributed by atoms with van der Waals surface area (Å²) in [6.45, 7) is 6.50. The first-order valence-corrected chi connectivity index (χ1v) is 11.1. The van der Waals surface area contributed by atoms with Crippen LogP contribution < -0.4 is 15.8 Å². The maximum Gasteiger partial charge on any atom is 0.251 e. The van der Waals surface area contributed by atoms with Gasteiger partial charge in [-0.1, -0.05) is 18.5 Å². The molecule has 1 unspecified atom stereocenters. The molecule has 1 aromatic heterocycles. The maximum absolute atomic E-state index is 12.4. The molecule has 1 aliphatic carbocycles. The monoisotopic (exact) mass is 434 g/mol. The first-order chi connectivity index (χ1) is 13.8. The molecule has 1 aromatic carbocycles. The number of carbonyl (C=O) groups is 2. The van der Waals surface area contributed by atoms with E-state index in [9.17, 15) is 9.59 Å². The normalized spacial score (nSPS) is 15.7. The number of nitrogens with two attached hydrogens (primary N) is 1. The predicted octanol–water partition coefficient (Wildman–Crippen LogP) is 5.04. The van der Waals surface area contributed by atoms with Crippen LogP contribution in [-0.4, -0.2) is 18.4 Å². The summed E-state index contributed by atoms with van der Waals surface area (Å²) in [5.41, 5.74) is 9.05. The zero-order chi connectivity index (χ0) is 21.1. The highest BCUT2D eigenvalue weighted by Crippen LogP contribution is 2.39. The number of anilines is 1. The molecule has 0 radical (unpaired) electrons. The van der Waals surface area contributed by atoms with Crippen LogP contribution in [0.1, 0.15) is 58.1 Å². The minimum absolute atomic E-state index is 0.133. The van der Waals surface area contributed by atoms with Gasteiger partial charge in [-0.3, -0.25) is 9.59 Å². The first-order valence-electron chi connectivity index (χ1n) is 9.90. The largest absolute Gasteiger partial charge is 0.494 e. The van der Waals surface area contributed by atoms with Crippen molar-refractivity contribution in [1.29, 1.82) is 0 Å². The molecule has 2 amide bonds. The van der Waals surface area contributed by atoms with Gasteiger partial charge in [-0.15, -0.1) is 11.3 Å². The number of carbonyl (C=O) groups excluding carboxylic acids is 2. The van der Waals surface area contributed by atoms with E-state index in [-0.39, 0.29) is 5.91 Å². The maximum atomic E-state index is 12.4. The molecule has 1 aliphatic rings. The van der Waals surface area contributed by atoms with E-state index < -0.39 is 5.91 Å². The second-order valence-corrected chi connectivity index (χ2v) is 9.27. The Kier molecular flexibility index (Phi) is 6.85. The number of benzene rings is 1. The molecule has 1 atom stereocenters. The van der Waals surface area contributed by atoms with Crippen LogP contribution in [0.3, 0.4) is 0 Å². The Labute approximate surface area is 180 Å². The lowest BCUT2D eigenvalue weighted by molar-refractivity contribution is -0.116. The zero-order valence-corrected chi connectivity index (χ0v) is 18.6. The molecular weight excluding hydrogens is 408 g/mol. The number of ether oxygens (including phenoxy) is 1. The van der Waals surface area contributed by atoms with E-state index >= 15 is 0 Å². The van der Waals surface area contributed by atoms with Crippen LogP contribution in [-0.2, 0) is 17.6 Å². The van der Waals surface area contributed by atoms with Crippen LogP contribution in [0.5, 0.6) is 5.75 Å². The van der Waals surface area contributed by atoms with Crippen molar-refractivity contribution < 1.29 is 14.3 Å². The minimum Gasteiger partial charge on any atom is -0.494 e. The Morgan fingerprint density at radius 2 is 2.00 bits per heavy atom. The molecule has 2 aromatic rings. The zero-order valence-electron chi connectivity index (χ0n) is 17.1. The lowest BCUT2D eigenvalue weighted by atomic mass is 9.88. The van der Waals surface area contributed by atoms with Crippen molar-refractivity contribution in [2.75, 3.05) is 11.9 Å². The number of thiophene rings is 1. The van der Waals surface area contributed by atoms with Gasteiger partial charge < -0.3 is 15.8 Å². The van der Waals surface area contributed by atoms with Crippen LogP contribution in [0, 0.1) is 19.8 Å². The summed E-state index contributed by atoms with van der Waals surface area (Å²) in [5.74, 6) is 0.735. The predicted molar refractivity (Wildman–Crippen MR) is 118 cm³/mol. The number of hydrogen-bond acceptors (Lipinski definition) is 4. The highest BCUT2D eigenvalue weighted by Gasteiger charge is 2.27. The average Bonchev–Trinajstić information content (AvgIpc) is 3.00. The molecule has 0 bridgehead atoms. The number of hydrogen-bond donors (Lipinski definition) is 2. The van der Waals surface area contributed by atoms with Crippen molar-refractivity contribution in [3.8, 4) is 5.75 Å². The smallest absolute Gasteiger partial charge is 0.251 e. The third kappa shape index (κ3) is 5.11.